The van der Waals surface area contributed by atoms with Gasteiger partial charge in [-0.05, 0) is 25.0 Å². The summed E-state index contributed by atoms with van der Waals surface area (Å²) in [5.74, 6) is -0.208. The van der Waals surface area contributed by atoms with Gasteiger partial charge in [-0.3, -0.25) is 14.2 Å². The van der Waals surface area contributed by atoms with Gasteiger partial charge >= 0.3 is 0 Å². The average Bonchev–Trinajstić information content (AvgIpc) is 3.02. The first-order valence-corrected chi connectivity index (χ1v) is 8.72. The molecule has 0 aliphatic rings. The van der Waals surface area contributed by atoms with Crippen molar-refractivity contribution in [1.29, 1.82) is 0 Å². The molecule has 0 fully saturated rings. The van der Waals surface area contributed by atoms with E-state index in [0.717, 1.165) is 21.7 Å². The van der Waals surface area contributed by atoms with Gasteiger partial charge in [-0.25, -0.2) is 4.98 Å². The van der Waals surface area contributed by atoms with E-state index in [4.69, 9.17) is 0 Å². The van der Waals surface area contributed by atoms with E-state index in [1.807, 2.05) is 50.2 Å². The number of benzene rings is 1. The summed E-state index contributed by atoms with van der Waals surface area (Å²) in [6, 6.07) is 11.5. The highest BCUT2D eigenvalue weighted by atomic mass is 32.1. The number of carbonyl (C=O) groups excluding carboxylic acids is 1. The molecule has 3 aromatic rings. The van der Waals surface area contributed by atoms with Gasteiger partial charge in [-0.2, -0.15) is 0 Å². The second-order valence-corrected chi connectivity index (χ2v) is 6.78. The van der Waals surface area contributed by atoms with Crippen molar-refractivity contribution in [3.63, 3.8) is 0 Å². The number of rotatable bonds is 5. The number of nitrogens with zero attached hydrogens (tertiary/aromatic N) is 2. The summed E-state index contributed by atoms with van der Waals surface area (Å²) in [6.07, 6.45) is 2.32. The second kappa shape index (κ2) is 6.97. The lowest BCUT2D eigenvalue weighted by Gasteiger charge is -2.14. The molecular formula is C18H19N3O2S. The Labute approximate surface area is 144 Å². The second-order valence-electron chi connectivity index (χ2n) is 5.66. The normalized spacial score (nSPS) is 12.2. The summed E-state index contributed by atoms with van der Waals surface area (Å²) < 4.78 is 1.36. The number of carbonyl (C=O) groups is 1. The Hall–Kier alpha value is -2.47. The molecule has 6 heteroatoms. The van der Waals surface area contributed by atoms with Gasteiger partial charge in [0.05, 0.1) is 17.8 Å². The van der Waals surface area contributed by atoms with Crippen molar-refractivity contribution in [2.75, 3.05) is 0 Å². The molecule has 0 radical (unpaired) electrons. The average molecular weight is 341 g/mol. The number of thiophene rings is 1. The van der Waals surface area contributed by atoms with Gasteiger partial charge in [0.1, 0.15) is 11.4 Å². The van der Waals surface area contributed by atoms with Crippen LogP contribution in [0.25, 0.3) is 10.2 Å². The molecule has 2 heterocycles. The molecule has 24 heavy (non-hydrogen) atoms. The molecule has 1 unspecified atom stereocenters. The molecule has 1 amide bonds. The van der Waals surface area contributed by atoms with Crippen molar-refractivity contribution < 1.29 is 4.79 Å². The van der Waals surface area contributed by atoms with Crippen LogP contribution in [0, 0.1) is 0 Å². The fourth-order valence-corrected chi connectivity index (χ4v) is 3.49. The predicted molar refractivity (Wildman–Crippen MR) is 96.3 cm³/mol. The van der Waals surface area contributed by atoms with Gasteiger partial charge < -0.3 is 5.32 Å². The molecule has 1 atom stereocenters. The molecular weight excluding hydrogens is 322 g/mol. The Kier molecular flexibility index (Phi) is 4.76. The number of hydrogen-bond acceptors (Lipinski definition) is 4. The van der Waals surface area contributed by atoms with E-state index in [9.17, 15) is 9.59 Å². The number of aryl methyl sites for hydroxylation is 1. The lowest BCUT2D eigenvalue weighted by Crippen LogP contribution is -2.33. The monoisotopic (exact) mass is 341 g/mol. The molecule has 124 valence electrons. The highest BCUT2D eigenvalue weighted by Gasteiger charge is 2.13. The Morgan fingerprint density at radius 3 is 2.79 bits per heavy atom. The number of aromatic nitrogens is 2. The van der Waals surface area contributed by atoms with Crippen LogP contribution in [0.2, 0.25) is 0 Å². The minimum absolute atomic E-state index is 0.0315. The lowest BCUT2D eigenvalue weighted by atomic mass is 10.1. The number of nitrogens with one attached hydrogen (secondary N) is 1. The topological polar surface area (TPSA) is 64.0 Å². The number of amides is 1. The fraction of sp³-hybridized carbons (Fsp3) is 0.278. The molecule has 3 rings (SSSR count). The minimum atomic E-state index is -0.208. The Morgan fingerprint density at radius 1 is 1.33 bits per heavy atom. The standard InChI is InChI=1S/C18H19N3O2S/c1-3-14-9-15-17(24-14)19-11-21(18(15)23)10-16(22)20-12(2)13-7-5-4-6-8-13/h4-9,11-12H,3,10H2,1-2H3,(H,20,22). The molecule has 5 nitrogen and oxygen atoms in total. The molecule has 1 N–H and O–H groups in total. The molecule has 0 saturated heterocycles. The molecule has 0 bridgehead atoms. The summed E-state index contributed by atoms with van der Waals surface area (Å²) >= 11 is 1.52. The van der Waals surface area contributed by atoms with Crippen molar-refractivity contribution in [3.8, 4) is 0 Å². The van der Waals surface area contributed by atoms with Crippen LogP contribution >= 0.6 is 11.3 Å². The van der Waals surface area contributed by atoms with Crippen molar-refractivity contribution in [3.05, 3.63) is 63.5 Å². The molecule has 0 saturated carbocycles. The first-order chi connectivity index (χ1) is 11.6. The lowest BCUT2D eigenvalue weighted by molar-refractivity contribution is -0.122. The fourth-order valence-electron chi connectivity index (χ4n) is 2.56. The Morgan fingerprint density at radius 2 is 2.08 bits per heavy atom. The predicted octanol–water partition coefficient (Wildman–Crippen LogP) is 2.90. The first-order valence-electron chi connectivity index (χ1n) is 7.90. The van der Waals surface area contributed by atoms with Gasteiger partial charge in [0.2, 0.25) is 5.91 Å². The molecule has 2 aromatic heterocycles. The summed E-state index contributed by atoms with van der Waals surface area (Å²) in [7, 11) is 0. The van der Waals surface area contributed by atoms with Gasteiger partial charge in [-0.15, -0.1) is 11.3 Å². The van der Waals surface area contributed by atoms with E-state index in [0.29, 0.717) is 5.39 Å². The summed E-state index contributed by atoms with van der Waals surface area (Å²) in [4.78, 5) is 30.9. The van der Waals surface area contributed by atoms with E-state index < -0.39 is 0 Å². The molecule has 0 spiro atoms. The van der Waals surface area contributed by atoms with Gasteiger partial charge in [0, 0.05) is 4.88 Å². The van der Waals surface area contributed by atoms with Crippen molar-refractivity contribution in [2.24, 2.45) is 0 Å². The van der Waals surface area contributed by atoms with E-state index in [-0.39, 0.29) is 24.1 Å². The van der Waals surface area contributed by atoms with Crippen LogP contribution in [0.1, 0.15) is 30.3 Å². The molecule has 0 aliphatic carbocycles. The highest BCUT2D eigenvalue weighted by molar-refractivity contribution is 7.18. The molecule has 0 aliphatic heterocycles. The van der Waals surface area contributed by atoms with Gasteiger partial charge in [0.15, 0.2) is 0 Å². The van der Waals surface area contributed by atoms with E-state index in [2.05, 4.69) is 10.3 Å². The zero-order valence-electron chi connectivity index (χ0n) is 13.7. The smallest absolute Gasteiger partial charge is 0.262 e. The summed E-state index contributed by atoms with van der Waals surface area (Å²) in [5.41, 5.74) is 0.857. The van der Waals surface area contributed by atoms with E-state index in [1.165, 1.54) is 22.2 Å². The maximum Gasteiger partial charge on any atom is 0.262 e. The van der Waals surface area contributed by atoms with Crippen LogP contribution in [-0.2, 0) is 17.8 Å². The zero-order chi connectivity index (χ0) is 17.1. The van der Waals surface area contributed by atoms with Crippen LogP contribution in [0.5, 0.6) is 0 Å². The number of fused-ring (bicyclic) bond motifs is 1. The summed E-state index contributed by atoms with van der Waals surface area (Å²) in [5, 5.41) is 3.50. The quantitative estimate of drug-likeness (QED) is 0.776. The van der Waals surface area contributed by atoms with Gasteiger partial charge in [-0.1, -0.05) is 37.3 Å². The van der Waals surface area contributed by atoms with Crippen LogP contribution < -0.4 is 10.9 Å². The maximum absolute atomic E-state index is 12.5. The first kappa shape index (κ1) is 16.4. The minimum Gasteiger partial charge on any atom is -0.348 e. The van der Waals surface area contributed by atoms with Crippen LogP contribution in [0.3, 0.4) is 0 Å². The third kappa shape index (κ3) is 3.38. The van der Waals surface area contributed by atoms with Crippen molar-refractivity contribution in [2.45, 2.75) is 32.9 Å². The van der Waals surface area contributed by atoms with Crippen LogP contribution in [0.4, 0.5) is 0 Å². The van der Waals surface area contributed by atoms with Crippen LogP contribution in [-0.4, -0.2) is 15.5 Å². The van der Waals surface area contributed by atoms with Crippen molar-refractivity contribution >= 4 is 27.5 Å². The third-order valence-corrected chi connectivity index (χ3v) is 5.10. The van der Waals surface area contributed by atoms with Gasteiger partial charge in [0.25, 0.3) is 5.56 Å². The third-order valence-electron chi connectivity index (χ3n) is 3.91. The van der Waals surface area contributed by atoms with E-state index in [1.54, 1.807) is 0 Å². The molecule has 1 aromatic carbocycles. The van der Waals surface area contributed by atoms with E-state index >= 15 is 0 Å². The Bertz CT molecular complexity index is 915. The van der Waals surface area contributed by atoms with Crippen molar-refractivity contribution in [1.82, 2.24) is 14.9 Å². The number of hydrogen-bond donors (Lipinski definition) is 1. The Balaban J connectivity index is 1.76. The maximum atomic E-state index is 12.5. The highest BCUT2D eigenvalue weighted by Crippen LogP contribution is 2.21. The summed E-state index contributed by atoms with van der Waals surface area (Å²) in [6.45, 7) is 3.93. The largest absolute Gasteiger partial charge is 0.348 e. The zero-order valence-corrected chi connectivity index (χ0v) is 14.5. The van der Waals surface area contributed by atoms with Crippen LogP contribution in [0.15, 0.2) is 47.5 Å². The SMILES string of the molecule is CCc1cc2c(=O)n(CC(=O)NC(C)c3ccccc3)cnc2s1.